The fourth-order valence-corrected chi connectivity index (χ4v) is 2.64. The van der Waals surface area contributed by atoms with Gasteiger partial charge in [-0.05, 0) is 38.0 Å². The van der Waals surface area contributed by atoms with Gasteiger partial charge in [-0.15, -0.1) is 0 Å². The zero-order valence-electron chi connectivity index (χ0n) is 13.2. The second kappa shape index (κ2) is 6.05. The molecule has 116 valence electrons. The number of hydrogen-bond donors (Lipinski definition) is 2. The van der Waals surface area contributed by atoms with E-state index < -0.39 is 5.97 Å². The van der Waals surface area contributed by atoms with Crippen LogP contribution in [0.25, 0.3) is 0 Å². The van der Waals surface area contributed by atoms with Gasteiger partial charge in [-0.2, -0.15) is 0 Å². The molecule has 5 nitrogen and oxygen atoms in total. The maximum Gasteiger partial charge on any atom is 0.337 e. The third-order valence-corrected chi connectivity index (χ3v) is 3.69. The Morgan fingerprint density at radius 2 is 1.86 bits per heavy atom. The summed E-state index contributed by atoms with van der Waals surface area (Å²) in [6.07, 6.45) is 1.75. The third-order valence-electron chi connectivity index (χ3n) is 3.69. The van der Waals surface area contributed by atoms with E-state index in [0.29, 0.717) is 11.3 Å². The lowest BCUT2D eigenvalue weighted by molar-refractivity contribution is -0.115. The highest BCUT2D eigenvalue weighted by Crippen LogP contribution is 2.19. The number of anilines is 1. The van der Waals surface area contributed by atoms with Crippen LogP contribution in [0.15, 0.2) is 24.4 Å². The lowest BCUT2D eigenvalue weighted by atomic mass is 10.1. The molecular formula is C17H20N2O3. The molecule has 0 bridgehead atoms. The minimum Gasteiger partial charge on any atom is -0.478 e. The fourth-order valence-electron chi connectivity index (χ4n) is 2.64. The van der Waals surface area contributed by atoms with E-state index in [1.807, 2.05) is 32.0 Å². The SMILES string of the molecule is Cc1ccc(NC(=O)Cc2c(C(=O)O)c(C)cn2C)c(C)c1. The van der Waals surface area contributed by atoms with Crippen LogP contribution in [0.1, 0.15) is 32.7 Å². The first kappa shape index (κ1) is 15.8. The monoisotopic (exact) mass is 300 g/mol. The van der Waals surface area contributed by atoms with E-state index in [9.17, 15) is 14.7 Å². The minimum absolute atomic E-state index is 0.0271. The number of nitrogens with one attached hydrogen (secondary N) is 1. The van der Waals surface area contributed by atoms with Crippen LogP contribution < -0.4 is 5.32 Å². The highest BCUT2D eigenvalue weighted by molar-refractivity contribution is 5.96. The molecule has 5 heteroatoms. The Bertz CT molecular complexity index is 745. The van der Waals surface area contributed by atoms with E-state index >= 15 is 0 Å². The second-order valence-electron chi connectivity index (χ2n) is 5.59. The number of aromatic nitrogens is 1. The molecule has 0 saturated carbocycles. The van der Waals surface area contributed by atoms with Crippen LogP contribution in [0.3, 0.4) is 0 Å². The molecule has 0 fully saturated rings. The quantitative estimate of drug-likeness (QED) is 0.912. The molecule has 22 heavy (non-hydrogen) atoms. The van der Waals surface area contributed by atoms with Gasteiger partial charge in [0.05, 0.1) is 12.0 Å². The summed E-state index contributed by atoms with van der Waals surface area (Å²) in [7, 11) is 1.75. The number of aryl methyl sites for hydroxylation is 4. The number of carbonyl (C=O) groups excluding carboxylic acids is 1. The number of hydrogen-bond acceptors (Lipinski definition) is 2. The van der Waals surface area contributed by atoms with Gasteiger partial charge < -0.3 is 15.0 Å². The molecule has 1 heterocycles. The van der Waals surface area contributed by atoms with E-state index in [1.165, 1.54) is 0 Å². The van der Waals surface area contributed by atoms with Crippen molar-refractivity contribution in [2.45, 2.75) is 27.2 Å². The third kappa shape index (κ3) is 3.19. The first-order valence-corrected chi connectivity index (χ1v) is 7.04. The van der Waals surface area contributed by atoms with Crippen LogP contribution in [-0.4, -0.2) is 21.6 Å². The predicted octanol–water partition coefficient (Wildman–Crippen LogP) is 2.83. The molecule has 2 N–H and O–H groups in total. The van der Waals surface area contributed by atoms with E-state index in [2.05, 4.69) is 5.32 Å². The van der Waals surface area contributed by atoms with Crippen molar-refractivity contribution in [2.24, 2.45) is 7.05 Å². The van der Waals surface area contributed by atoms with Crippen molar-refractivity contribution in [3.63, 3.8) is 0 Å². The molecular weight excluding hydrogens is 280 g/mol. The lowest BCUT2D eigenvalue weighted by Gasteiger charge is -2.10. The molecule has 2 rings (SSSR count). The van der Waals surface area contributed by atoms with E-state index in [0.717, 1.165) is 16.8 Å². The van der Waals surface area contributed by atoms with Gasteiger partial charge in [-0.25, -0.2) is 4.79 Å². The summed E-state index contributed by atoms with van der Waals surface area (Å²) < 4.78 is 1.69. The number of aromatic carboxylic acids is 1. The van der Waals surface area contributed by atoms with Crippen molar-refractivity contribution in [3.8, 4) is 0 Å². The van der Waals surface area contributed by atoms with E-state index in [4.69, 9.17) is 0 Å². The van der Waals surface area contributed by atoms with Gasteiger partial charge in [0.15, 0.2) is 0 Å². The molecule has 0 spiro atoms. The van der Waals surface area contributed by atoms with E-state index in [1.54, 1.807) is 24.7 Å². The Morgan fingerprint density at radius 1 is 1.18 bits per heavy atom. The Kier molecular flexibility index (Phi) is 4.35. The Morgan fingerprint density at radius 3 is 2.45 bits per heavy atom. The molecule has 0 unspecified atom stereocenters. The van der Waals surface area contributed by atoms with Gasteiger partial charge in [0.25, 0.3) is 0 Å². The lowest BCUT2D eigenvalue weighted by Crippen LogP contribution is -2.18. The number of amides is 1. The van der Waals surface area contributed by atoms with Crippen LogP contribution >= 0.6 is 0 Å². The van der Waals surface area contributed by atoms with Crippen molar-refractivity contribution < 1.29 is 14.7 Å². The number of benzene rings is 1. The summed E-state index contributed by atoms with van der Waals surface area (Å²) >= 11 is 0. The van der Waals surface area contributed by atoms with Gasteiger partial charge in [0, 0.05) is 24.6 Å². The molecule has 2 aromatic rings. The number of carboxylic acid groups (broad SMARTS) is 1. The highest BCUT2D eigenvalue weighted by atomic mass is 16.4. The Labute approximate surface area is 129 Å². The second-order valence-corrected chi connectivity index (χ2v) is 5.59. The first-order valence-electron chi connectivity index (χ1n) is 7.04. The van der Waals surface area contributed by atoms with E-state index in [-0.39, 0.29) is 17.9 Å². The number of rotatable bonds is 4. The number of carbonyl (C=O) groups is 2. The van der Waals surface area contributed by atoms with Gasteiger partial charge in [-0.3, -0.25) is 4.79 Å². The van der Waals surface area contributed by atoms with Gasteiger partial charge in [-0.1, -0.05) is 17.7 Å². The molecule has 0 saturated heterocycles. The van der Waals surface area contributed by atoms with Crippen LogP contribution in [-0.2, 0) is 18.3 Å². The molecule has 0 aliphatic carbocycles. The van der Waals surface area contributed by atoms with Crippen LogP contribution in [0.5, 0.6) is 0 Å². The maximum atomic E-state index is 12.2. The summed E-state index contributed by atoms with van der Waals surface area (Å²) in [5.74, 6) is -1.23. The topological polar surface area (TPSA) is 71.3 Å². The van der Waals surface area contributed by atoms with Gasteiger partial charge in [0.2, 0.25) is 5.91 Å². The van der Waals surface area contributed by atoms with Crippen molar-refractivity contribution in [1.29, 1.82) is 0 Å². The van der Waals surface area contributed by atoms with Crippen LogP contribution in [0.2, 0.25) is 0 Å². The van der Waals surface area contributed by atoms with Crippen LogP contribution in [0, 0.1) is 20.8 Å². The average molecular weight is 300 g/mol. The highest BCUT2D eigenvalue weighted by Gasteiger charge is 2.20. The van der Waals surface area contributed by atoms with Crippen molar-refractivity contribution >= 4 is 17.6 Å². The molecule has 1 aromatic heterocycles. The van der Waals surface area contributed by atoms with Crippen LogP contribution in [0.4, 0.5) is 5.69 Å². The summed E-state index contributed by atoms with van der Waals surface area (Å²) in [5.41, 5.74) is 4.23. The minimum atomic E-state index is -1.01. The smallest absolute Gasteiger partial charge is 0.337 e. The zero-order chi connectivity index (χ0) is 16.4. The first-order chi connectivity index (χ1) is 10.3. The standard InChI is InChI=1S/C17H20N2O3/c1-10-5-6-13(11(2)7-10)18-15(20)8-14-16(17(21)22)12(3)9-19(14)4/h5-7,9H,8H2,1-4H3,(H,18,20)(H,21,22). The summed E-state index contributed by atoms with van der Waals surface area (Å²) in [6.45, 7) is 5.65. The molecule has 1 aromatic carbocycles. The van der Waals surface area contributed by atoms with Gasteiger partial charge in [0.1, 0.15) is 0 Å². The van der Waals surface area contributed by atoms with Crippen molar-refractivity contribution in [1.82, 2.24) is 4.57 Å². The number of carboxylic acids is 1. The van der Waals surface area contributed by atoms with Gasteiger partial charge >= 0.3 is 5.97 Å². The summed E-state index contributed by atoms with van der Waals surface area (Å²) in [4.78, 5) is 23.6. The normalized spacial score (nSPS) is 10.5. The summed E-state index contributed by atoms with van der Waals surface area (Å²) in [6, 6.07) is 5.78. The molecule has 0 aliphatic rings. The summed E-state index contributed by atoms with van der Waals surface area (Å²) in [5, 5.41) is 12.1. The fraction of sp³-hybridized carbons (Fsp3) is 0.294. The predicted molar refractivity (Wildman–Crippen MR) is 85.4 cm³/mol. The van der Waals surface area contributed by atoms with Crippen molar-refractivity contribution in [2.75, 3.05) is 5.32 Å². The molecule has 1 amide bonds. The molecule has 0 atom stereocenters. The maximum absolute atomic E-state index is 12.2. The average Bonchev–Trinajstić information content (AvgIpc) is 2.67. The molecule has 0 aliphatic heterocycles. The Hall–Kier alpha value is -2.56. The zero-order valence-corrected chi connectivity index (χ0v) is 13.2. The largest absolute Gasteiger partial charge is 0.478 e. The number of nitrogens with zero attached hydrogens (tertiary/aromatic N) is 1. The Balaban J connectivity index is 2.21. The van der Waals surface area contributed by atoms with Crippen molar-refractivity contribution in [3.05, 3.63) is 52.3 Å². The molecule has 0 radical (unpaired) electrons.